The fraction of sp³-hybridized carbons (Fsp3) is 0. The predicted octanol–water partition coefficient (Wildman–Crippen LogP) is 13.7. The first kappa shape index (κ1) is 32.2. The second-order valence-electron chi connectivity index (χ2n) is 15.6. The summed E-state index contributed by atoms with van der Waals surface area (Å²) < 4.78 is 6.79. The zero-order valence-electron chi connectivity index (χ0n) is 31.8. The van der Waals surface area contributed by atoms with E-state index in [9.17, 15) is 0 Å². The second-order valence-corrected chi connectivity index (χ2v) is 15.6. The zero-order chi connectivity index (χ0) is 38.8. The Bertz CT molecular complexity index is 3910. The maximum atomic E-state index is 15.7. The third-order valence-corrected chi connectivity index (χ3v) is 12.6. The highest BCUT2D eigenvalue weighted by molar-refractivity contribution is 6.35. The smallest absolute Gasteiger partial charge is 0.264 e. The van der Waals surface area contributed by atoms with Crippen LogP contribution in [-0.4, -0.2) is 13.5 Å². The van der Waals surface area contributed by atoms with E-state index in [2.05, 4.69) is 203 Å². The standard InChI is InChI=1S/C55H33N3O/c59-55-51-42(30-31-49-50(51)41-25-10-14-29-48(41)57(49)45-26-11-7-22-38(45)35-18-5-2-6-19-35)52-53-43(33-44-40-24-9-13-28-47(40)58(55)54(44)52)39-23-8-12-27-46(39)56(53)37-21-15-20-36(32-37)34-16-3-1-4-17-34/h1-33H. The molecule has 0 aliphatic rings. The normalized spacial score (nSPS) is 12.1. The molecule has 0 fully saturated rings. The van der Waals surface area contributed by atoms with E-state index in [1.807, 2.05) is 10.5 Å². The highest BCUT2D eigenvalue weighted by Crippen LogP contribution is 2.46. The molecule has 4 heterocycles. The Balaban J connectivity index is 1.26. The predicted molar refractivity (Wildman–Crippen MR) is 247 cm³/mol. The van der Waals surface area contributed by atoms with Crippen molar-refractivity contribution < 1.29 is 0 Å². The number of hydrogen-bond acceptors (Lipinski definition) is 1. The average molecular weight is 752 g/mol. The van der Waals surface area contributed by atoms with Gasteiger partial charge in [-0.1, -0.05) is 152 Å². The Hall–Kier alpha value is -7.95. The van der Waals surface area contributed by atoms with E-state index < -0.39 is 0 Å². The van der Waals surface area contributed by atoms with E-state index in [1.54, 1.807) is 0 Å². The fourth-order valence-corrected chi connectivity index (χ4v) is 10.2. The molecule has 9 aromatic carbocycles. The summed E-state index contributed by atoms with van der Waals surface area (Å²) in [5.74, 6) is 0. The Morgan fingerprint density at radius 2 is 0.915 bits per heavy atom. The Morgan fingerprint density at radius 3 is 1.69 bits per heavy atom. The van der Waals surface area contributed by atoms with Crippen molar-refractivity contribution in [2.24, 2.45) is 0 Å². The minimum Gasteiger partial charge on any atom is -0.309 e. The van der Waals surface area contributed by atoms with Gasteiger partial charge < -0.3 is 9.13 Å². The molecule has 13 aromatic rings. The Labute approximate surface area is 338 Å². The van der Waals surface area contributed by atoms with Crippen molar-refractivity contribution in [1.82, 2.24) is 13.5 Å². The summed E-state index contributed by atoms with van der Waals surface area (Å²) in [4.78, 5) is 15.7. The summed E-state index contributed by atoms with van der Waals surface area (Å²) in [6.45, 7) is 0. The average Bonchev–Trinajstić information content (AvgIpc) is 3.94. The molecule has 0 aliphatic heterocycles. The van der Waals surface area contributed by atoms with Crippen LogP contribution < -0.4 is 5.56 Å². The molecule has 4 nitrogen and oxygen atoms in total. The van der Waals surface area contributed by atoms with Crippen LogP contribution in [0.5, 0.6) is 0 Å². The van der Waals surface area contributed by atoms with Gasteiger partial charge in [-0.2, -0.15) is 0 Å². The van der Waals surface area contributed by atoms with Crippen molar-refractivity contribution >= 4 is 81.6 Å². The zero-order valence-corrected chi connectivity index (χ0v) is 31.8. The summed E-state index contributed by atoms with van der Waals surface area (Å²) in [7, 11) is 0. The molecule has 0 bridgehead atoms. The maximum absolute atomic E-state index is 15.7. The molecule has 0 N–H and O–H groups in total. The number of hydrogen-bond donors (Lipinski definition) is 0. The second kappa shape index (κ2) is 12.0. The van der Waals surface area contributed by atoms with Gasteiger partial charge in [-0.05, 0) is 70.6 Å². The number of aromatic nitrogens is 3. The van der Waals surface area contributed by atoms with E-state index in [0.29, 0.717) is 0 Å². The Kier molecular flexibility index (Phi) is 6.56. The van der Waals surface area contributed by atoms with Crippen molar-refractivity contribution in [1.29, 1.82) is 0 Å². The van der Waals surface area contributed by atoms with Crippen LogP contribution in [0.15, 0.2) is 205 Å². The van der Waals surface area contributed by atoms with Gasteiger partial charge in [0, 0.05) is 49.0 Å². The third-order valence-electron chi connectivity index (χ3n) is 12.6. The summed E-state index contributed by atoms with van der Waals surface area (Å²) in [6.07, 6.45) is 0. The van der Waals surface area contributed by atoms with Gasteiger partial charge in [0.25, 0.3) is 5.56 Å². The molecular weight excluding hydrogens is 719 g/mol. The molecule has 0 spiro atoms. The molecule has 59 heavy (non-hydrogen) atoms. The molecule has 0 saturated carbocycles. The first-order valence-corrected chi connectivity index (χ1v) is 20.2. The molecule has 0 unspecified atom stereocenters. The van der Waals surface area contributed by atoms with Crippen molar-refractivity contribution in [3.05, 3.63) is 211 Å². The minimum atomic E-state index is -0.00312. The van der Waals surface area contributed by atoms with Gasteiger partial charge in [0.1, 0.15) is 0 Å². The van der Waals surface area contributed by atoms with Crippen LogP contribution in [-0.2, 0) is 0 Å². The summed E-state index contributed by atoms with van der Waals surface area (Å²) >= 11 is 0. The molecule has 4 aromatic heterocycles. The summed E-state index contributed by atoms with van der Waals surface area (Å²) in [5, 5.41) is 9.28. The van der Waals surface area contributed by atoms with Crippen molar-refractivity contribution in [2.75, 3.05) is 0 Å². The summed E-state index contributed by atoms with van der Waals surface area (Å²) in [5.41, 5.74) is 12.9. The molecule has 274 valence electrons. The number of nitrogens with zero attached hydrogens (tertiary/aromatic N) is 3. The largest absolute Gasteiger partial charge is 0.309 e. The van der Waals surface area contributed by atoms with Gasteiger partial charge in [0.2, 0.25) is 0 Å². The first-order chi connectivity index (χ1) is 29.2. The van der Waals surface area contributed by atoms with Gasteiger partial charge >= 0.3 is 0 Å². The van der Waals surface area contributed by atoms with Crippen LogP contribution in [0.2, 0.25) is 0 Å². The SMILES string of the molecule is O=c1c2c(ccc3c2c2ccccc2n3-c2ccccc2-c2ccccc2)c2c3c(cc4c5ccccc5n1c42)c1ccccc1n3-c1cccc(-c2ccccc2)c1. The van der Waals surface area contributed by atoms with E-state index >= 15 is 4.79 Å². The summed E-state index contributed by atoms with van der Waals surface area (Å²) in [6, 6.07) is 71.0. The van der Waals surface area contributed by atoms with Crippen LogP contribution in [0.25, 0.3) is 115 Å². The van der Waals surface area contributed by atoms with Gasteiger partial charge in [-0.15, -0.1) is 0 Å². The van der Waals surface area contributed by atoms with Crippen molar-refractivity contribution in [3.63, 3.8) is 0 Å². The molecule has 0 aliphatic carbocycles. The number of fused-ring (bicyclic) bond motifs is 13. The van der Waals surface area contributed by atoms with Crippen LogP contribution in [0.1, 0.15) is 0 Å². The molecule has 13 rings (SSSR count). The molecule has 4 heteroatoms. The quantitative estimate of drug-likeness (QED) is 0.165. The molecule has 0 radical (unpaired) electrons. The van der Waals surface area contributed by atoms with Crippen molar-refractivity contribution in [3.8, 4) is 33.6 Å². The molecule has 0 saturated heterocycles. The monoisotopic (exact) mass is 751 g/mol. The van der Waals surface area contributed by atoms with Gasteiger partial charge in [-0.25, -0.2) is 0 Å². The van der Waals surface area contributed by atoms with Gasteiger partial charge in [0.15, 0.2) is 0 Å². The topological polar surface area (TPSA) is 31.3 Å². The lowest BCUT2D eigenvalue weighted by Crippen LogP contribution is -2.13. The van der Waals surface area contributed by atoms with Crippen LogP contribution >= 0.6 is 0 Å². The highest BCUT2D eigenvalue weighted by Gasteiger charge is 2.27. The lowest BCUT2D eigenvalue weighted by atomic mass is 9.98. The van der Waals surface area contributed by atoms with E-state index in [4.69, 9.17) is 0 Å². The van der Waals surface area contributed by atoms with E-state index in [1.165, 1.54) is 10.9 Å². The fourth-order valence-electron chi connectivity index (χ4n) is 10.2. The Morgan fingerprint density at radius 1 is 0.322 bits per heavy atom. The van der Waals surface area contributed by atoms with Crippen LogP contribution in [0.3, 0.4) is 0 Å². The van der Waals surface area contributed by atoms with Gasteiger partial charge in [0.05, 0.1) is 44.2 Å². The lowest BCUT2D eigenvalue weighted by Gasteiger charge is -2.15. The maximum Gasteiger partial charge on any atom is 0.264 e. The van der Waals surface area contributed by atoms with Crippen LogP contribution in [0.4, 0.5) is 0 Å². The number of rotatable bonds is 4. The molecule has 0 amide bonds. The number of benzene rings is 9. The van der Waals surface area contributed by atoms with E-state index in [0.717, 1.165) is 104 Å². The molecular formula is C55H33N3O. The molecule has 0 atom stereocenters. The highest BCUT2D eigenvalue weighted by atomic mass is 16.1. The number of pyridine rings is 1. The van der Waals surface area contributed by atoms with Crippen LogP contribution in [0, 0.1) is 0 Å². The lowest BCUT2D eigenvalue weighted by molar-refractivity contribution is 1.18. The van der Waals surface area contributed by atoms with Crippen molar-refractivity contribution in [2.45, 2.75) is 0 Å². The van der Waals surface area contributed by atoms with E-state index in [-0.39, 0.29) is 5.56 Å². The van der Waals surface area contributed by atoms with Gasteiger partial charge in [-0.3, -0.25) is 9.20 Å². The number of para-hydroxylation sites is 4. The first-order valence-electron chi connectivity index (χ1n) is 20.2. The minimum absolute atomic E-state index is 0.00312. The third kappa shape index (κ3) is 4.35.